The fourth-order valence-corrected chi connectivity index (χ4v) is 2.10. The van der Waals surface area contributed by atoms with Gasteiger partial charge in [-0.05, 0) is 31.6 Å². The highest BCUT2D eigenvalue weighted by Crippen LogP contribution is 2.23. The van der Waals surface area contributed by atoms with Gasteiger partial charge in [0, 0.05) is 12.1 Å². The molecule has 3 unspecified atom stereocenters. The van der Waals surface area contributed by atoms with Gasteiger partial charge in [-0.2, -0.15) is 0 Å². The van der Waals surface area contributed by atoms with Crippen LogP contribution in [0, 0.1) is 11.8 Å². The van der Waals surface area contributed by atoms with Crippen LogP contribution < -0.4 is 5.32 Å². The normalized spacial score (nSPS) is 24.4. The Morgan fingerprint density at radius 2 is 1.71 bits per heavy atom. The van der Waals surface area contributed by atoms with Gasteiger partial charge in [0.15, 0.2) is 0 Å². The van der Waals surface area contributed by atoms with E-state index in [1.807, 2.05) is 6.92 Å². The van der Waals surface area contributed by atoms with Crippen LogP contribution in [-0.4, -0.2) is 23.3 Å². The van der Waals surface area contributed by atoms with Crippen molar-refractivity contribution in [2.24, 2.45) is 11.8 Å². The lowest BCUT2D eigenvalue weighted by Gasteiger charge is -2.37. The Labute approximate surface area is 88.1 Å². The van der Waals surface area contributed by atoms with Crippen LogP contribution >= 0.6 is 0 Å². The minimum Gasteiger partial charge on any atom is -0.393 e. The van der Waals surface area contributed by atoms with Gasteiger partial charge in [-0.1, -0.05) is 27.2 Å². The molecule has 0 spiro atoms. The van der Waals surface area contributed by atoms with E-state index in [4.69, 9.17) is 0 Å². The molecule has 0 amide bonds. The Morgan fingerprint density at radius 1 is 1.14 bits per heavy atom. The highest BCUT2D eigenvalue weighted by molar-refractivity contribution is 4.86. The third-order valence-electron chi connectivity index (χ3n) is 3.58. The molecular formula is C12H25NO. The average molecular weight is 199 g/mol. The van der Waals surface area contributed by atoms with E-state index in [0.29, 0.717) is 23.9 Å². The van der Waals surface area contributed by atoms with Crippen molar-refractivity contribution in [1.29, 1.82) is 0 Å². The molecule has 0 radical (unpaired) electrons. The summed E-state index contributed by atoms with van der Waals surface area (Å²) in [6, 6.07) is 1.17. The lowest BCUT2D eigenvalue weighted by atomic mass is 9.84. The first kappa shape index (κ1) is 12.0. The van der Waals surface area contributed by atoms with Crippen molar-refractivity contribution in [2.45, 2.75) is 65.1 Å². The topological polar surface area (TPSA) is 32.3 Å². The fraction of sp³-hybridized carbons (Fsp3) is 1.00. The molecule has 14 heavy (non-hydrogen) atoms. The summed E-state index contributed by atoms with van der Waals surface area (Å²) in [5, 5.41) is 13.3. The molecule has 1 aliphatic carbocycles. The highest BCUT2D eigenvalue weighted by atomic mass is 16.3. The van der Waals surface area contributed by atoms with E-state index in [2.05, 4.69) is 26.1 Å². The van der Waals surface area contributed by atoms with Crippen LogP contribution in [0.3, 0.4) is 0 Å². The lowest BCUT2D eigenvalue weighted by molar-refractivity contribution is 0.0863. The molecule has 0 aromatic rings. The maximum Gasteiger partial charge on any atom is 0.0552 e. The molecule has 0 heterocycles. The summed E-state index contributed by atoms with van der Waals surface area (Å²) in [6.45, 7) is 8.49. The number of aliphatic hydroxyl groups is 1. The molecule has 0 bridgehead atoms. The van der Waals surface area contributed by atoms with Crippen LogP contribution in [-0.2, 0) is 0 Å². The van der Waals surface area contributed by atoms with Crippen LogP contribution in [0.4, 0.5) is 0 Å². The van der Waals surface area contributed by atoms with Crippen LogP contribution in [0.2, 0.25) is 0 Å². The van der Waals surface area contributed by atoms with Crippen LogP contribution in [0.1, 0.15) is 47.0 Å². The average Bonchev–Trinajstić information content (AvgIpc) is 2.00. The highest BCUT2D eigenvalue weighted by Gasteiger charge is 2.28. The number of rotatable bonds is 5. The smallest absolute Gasteiger partial charge is 0.0552 e. The number of hydrogen-bond acceptors (Lipinski definition) is 2. The standard InChI is InChI=1S/C12H25NO/c1-8(2)12(9(3)10(4)14)13-11-6-5-7-11/h8-14H,5-7H2,1-4H3. The third kappa shape index (κ3) is 2.96. The fourth-order valence-electron chi connectivity index (χ4n) is 2.10. The second kappa shape index (κ2) is 5.13. The molecule has 2 nitrogen and oxygen atoms in total. The molecule has 2 N–H and O–H groups in total. The molecule has 1 saturated carbocycles. The summed E-state index contributed by atoms with van der Waals surface area (Å²) < 4.78 is 0. The van der Waals surface area contributed by atoms with E-state index >= 15 is 0 Å². The van der Waals surface area contributed by atoms with Gasteiger partial charge in [0.2, 0.25) is 0 Å². The lowest BCUT2D eigenvalue weighted by Crippen LogP contribution is -2.50. The minimum absolute atomic E-state index is 0.213. The molecule has 84 valence electrons. The SMILES string of the molecule is CC(C)C(NC1CCC1)C(C)C(C)O. The summed E-state index contributed by atoms with van der Waals surface area (Å²) in [7, 11) is 0. The molecular weight excluding hydrogens is 174 g/mol. The summed E-state index contributed by atoms with van der Waals surface area (Å²) >= 11 is 0. The Balaban J connectivity index is 2.44. The largest absolute Gasteiger partial charge is 0.393 e. The first-order valence-electron chi connectivity index (χ1n) is 5.96. The quantitative estimate of drug-likeness (QED) is 0.711. The Kier molecular flexibility index (Phi) is 4.39. The van der Waals surface area contributed by atoms with Gasteiger partial charge in [-0.15, -0.1) is 0 Å². The summed E-state index contributed by atoms with van der Waals surface area (Å²) in [5.41, 5.74) is 0. The maximum absolute atomic E-state index is 9.60. The van der Waals surface area contributed by atoms with Crippen molar-refractivity contribution in [3.8, 4) is 0 Å². The van der Waals surface area contributed by atoms with Crippen molar-refractivity contribution >= 4 is 0 Å². The second-order valence-electron chi connectivity index (χ2n) is 5.16. The van der Waals surface area contributed by atoms with E-state index in [9.17, 15) is 5.11 Å². The Hall–Kier alpha value is -0.0800. The van der Waals surface area contributed by atoms with Gasteiger partial charge >= 0.3 is 0 Å². The van der Waals surface area contributed by atoms with E-state index in [-0.39, 0.29) is 6.10 Å². The van der Waals surface area contributed by atoms with Crippen molar-refractivity contribution < 1.29 is 5.11 Å². The number of hydrogen-bond donors (Lipinski definition) is 2. The minimum atomic E-state index is -0.213. The Bertz CT molecular complexity index is 164. The molecule has 1 rings (SSSR count). The van der Waals surface area contributed by atoms with E-state index in [1.54, 1.807) is 0 Å². The van der Waals surface area contributed by atoms with Gasteiger partial charge in [-0.3, -0.25) is 0 Å². The van der Waals surface area contributed by atoms with Gasteiger partial charge in [0.25, 0.3) is 0 Å². The molecule has 0 aliphatic heterocycles. The van der Waals surface area contributed by atoms with Crippen LogP contribution in [0.25, 0.3) is 0 Å². The first-order valence-corrected chi connectivity index (χ1v) is 5.96. The maximum atomic E-state index is 9.60. The van der Waals surface area contributed by atoms with Crippen molar-refractivity contribution in [2.75, 3.05) is 0 Å². The molecule has 0 saturated heterocycles. The van der Waals surface area contributed by atoms with Crippen molar-refractivity contribution in [1.82, 2.24) is 5.32 Å². The number of nitrogens with one attached hydrogen (secondary N) is 1. The predicted octanol–water partition coefficient (Wildman–Crippen LogP) is 2.17. The number of aliphatic hydroxyl groups excluding tert-OH is 1. The summed E-state index contributed by atoms with van der Waals surface area (Å²) in [4.78, 5) is 0. The zero-order valence-electron chi connectivity index (χ0n) is 9.96. The molecule has 1 fully saturated rings. The van der Waals surface area contributed by atoms with Gasteiger partial charge < -0.3 is 10.4 Å². The molecule has 3 atom stereocenters. The summed E-state index contributed by atoms with van der Waals surface area (Å²) in [5.74, 6) is 0.941. The molecule has 0 aromatic carbocycles. The zero-order chi connectivity index (χ0) is 10.7. The zero-order valence-corrected chi connectivity index (χ0v) is 9.96. The molecule has 0 aromatic heterocycles. The first-order chi connectivity index (χ1) is 6.52. The predicted molar refractivity (Wildman–Crippen MR) is 60.2 cm³/mol. The monoisotopic (exact) mass is 199 g/mol. The van der Waals surface area contributed by atoms with Gasteiger partial charge in [0.1, 0.15) is 0 Å². The third-order valence-corrected chi connectivity index (χ3v) is 3.58. The van der Waals surface area contributed by atoms with Crippen LogP contribution in [0.5, 0.6) is 0 Å². The van der Waals surface area contributed by atoms with E-state index in [1.165, 1.54) is 19.3 Å². The van der Waals surface area contributed by atoms with Gasteiger partial charge in [-0.25, -0.2) is 0 Å². The second-order valence-corrected chi connectivity index (χ2v) is 5.16. The van der Waals surface area contributed by atoms with Gasteiger partial charge in [0.05, 0.1) is 6.10 Å². The molecule has 2 heteroatoms. The molecule has 1 aliphatic rings. The Morgan fingerprint density at radius 3 is 2.00 bits per heavy atom. The summed E-state index contributed by atoms with van der Waals surface area (Å²) in [6.07, 6.45) is 3.78. The van der Waals surface area contributed by atoms with Crippen molar-refractivity contribution in [3.05, 3.63) is 0 Å². The van der Waals surface area contributed by atoms with E-state index < -0.39 is 0 Å². The van der Waals surface area contributed by atoms with Crippen molar-refractivity contribution in [3.63, 3.8) is 0 Å². The van der Waals surface area contributed by atoms with Crippen LogP contribution in [0.15, 0.2) is 0 Å². The van der Waals surface area contributed by atoms with E-state index in [0.717, 1.165) is 0 Å².